The van der Waals surface area contributed by atoms with Crippen LogP contribution in [0.5, 0.6) is 5.75 Å². The van der Waals surface area contributed by atoms with Gasteiger partial charge in [0.1, 0.15) is 11.7 Å². The Morgan fingerprint density at radius 1 is 1.15 bits per heavy atom. The summed E-state index contributed by atoms with van der Waals surface area (Å²) in [6.45, 7) is 9.86. The highest BCUT2D eigenvalue weighted by Gasteiger charge is 2.71. The van der Waals surface area contributed by atoms with Crippen LogP contribution in [0.4, 0.5) is 0 Å². The molecule has 3 aliphatic rings. The van der Waals surface area contributed by atoms with Gasteiger partial charge in [0.15, 0.2) is 18.0 Å². The van der Waals surface area contributed by atoms with Crippen molar-refractivity contribution in [3.63, 3.8) is 0 Å². The van der Waals surface area contributed by atoms with Crippen molar-refractivity contribution in [3.8, 4) is 5.75 Å². The van der Waals surface area contributed by atoms with Gasteiger partial charge in [0.2, 0.25) is 0 Å². The highest BCUT2D eigenvalue weighted by Crippen LogP contribution is 2.64. The van der Waals surface area contributed by atoms with Crippen LogP contribution >= 0.6 is 11.3 Å². The summed E-state index contributed by atoms with van der Waals surface area (Å²) in [4.78, 5) is 0. The smallest absolute Gasteiger partial charge is 0.251 e. The van der Waals surface area contributed by atoms with E-state index in [0.29, 0.717) is 13.2 Å². The topological polar surface area (TPSA) is 31.6 Å². The van der Waals surface area contributed by atoms with E-state index in [-0.39, 0.29) is 29.8 Å². The molecule has 6 heteroatoms. The Morgan fingerprint density at radius 2 is 1.85 bits per heavy atom. The second-order valence-corrected chi connectivity index (χ2v) is 8.13. The number of hydrogen-bond donors (Lipinski definition) is 0. The first-order valence-electron chi connectivity index (χ1n) is 8.96. The number of methoxy groups -OCH3 is 1. The lowest BCUT2D eigenvalue weighted by Gasteiger charge is -2.56. The Hall–Kier alpha value is -1.14. The molecule has 1 aliphatic carbocycles. The maximum atomic E-state index is 6.46. The van der Waals surface area contributed by atoms with E-state index in [1.165, 1.54) is 16.1 Å². The Labute approximate surface area is 165 Å². The van der Waals surface area contributed by atoms with Crippen LogP contribution in [0.15, 0.2) is 29.8 Å². The zero-order chi connectivity index (χ0) is 17.8. The Bertz CT molecular complexity index is 798. The SMILES string of the molecule is CCOC1(OCC)C2c3c(OC)cccc3C([n+]3ccsc32)C1(C)C.[Cl-]. The lowest BCUT2D eigenvalue weighted by atomic mass is 9.58. The summed E-state index contributed by atoms with van der Waals surface area (Å²) in [5.74, 6) is 0.221. The normalized spacial score (nSPS) is 23.7. The zero-order valence-electron chi connectivity index (χ0n) is 15.9. The van der Waals surface area contributed by atoms with Crippen LogP contribution in [0.2, 0.25) is 0 Å². The molecule has 0 N–H and O–H groups in total. The lowest BCUT2D eigenvalue weighted by molar-refractivity contribution is -0.751. The van der Waals surface area contributed by atoms with E-state index >= 15 is 0 Å². The number of thiazole rings is 1. The van der Waals surface area contributed by atoms with Crippen LogP contribution in [0, 0.1) is 5.41 Å². The summed E-state index contributed by atoms with van der Waals surface area (Å²) < 4.78 is 21.1. The first-order chi connectivity index (χ1) is 12.0. The molecule has 2 aliphatic heterocycles. The molecule has 0 saturated carbocycles. The van der Waals surface area contributed by atoms with Gasteiger partial charge in [-0.05, 0) is 33.8 Å². The summed E-state index contributed by atoms with van der Waals surface area (Å²) in [6, 6.07) is 6.52. The molecule has 2 unspecified atom stereocenters. The van der Waals surface area contributed by atoms with Crippen molar-refractivity contribution in [2.24, 2.45) is 5.41 Å². The summed E-state index contributed by atoms with van der Waals surface area (Å²) in [7, 11) is 1.74. The van der Waals surface area contributed by atoms with Crippen molar-refractivity contribution in [2.75, 3.05) is 20.3 Å². The first kappa shape index (κ1) is 19.6. The van der Waals surface area contributed by atoms with Crippen LogP contribution in [0.3, 0.4) is 0 Å². The molecule has 1 aromatic heterocycles. The number of hydrogen-bond acceptors (Lipinski definition) is 4. The van der Waals surface area contributed by atoms with Crippen molar-refractivity contribution >= 4 is 11.3 Å². The van der Waals surface area contributed by atoms with Crippen LogP contribution < -0.4 is 21.7 Å². The van der Waals surface area contributed by atoms with Gasteiger partial charge in [0.05, 0.1) is 17.9 Å². The molecule has 5 rings (SSSR count). The van der Waals surface area contributed by atoms with E-state index in [9.17, 15) is 0 Å². The minimum Gasteiger partial charge on any atom is -1.00 e. The van der Waals surface area contributed by atoms with Crippen LogP contribution in [0.1, 0.15) is 55.8 Å². The van der Waals surface area contributed by atoms with E-state index in [2.05, 4.69) is 42.1 Å². The third-order valence-corrected chi connectivity index (χ3v) is 6.72. The average Bonchev–Trinajstić information content (AvgIpc) is 3.06. The predicted octanol–water partition coefficient (Wildman–Crippen LogP) is 0.892. The molecule has 26 heavy (non-hydrogen) atoms. The van der Waals surface area contributed by atoms with Gasteiger partial charge in [-0.2, -0.15) is 4.57 Å². The van der Waals surface area contributed by atoms with Gasteiger partial charge in [-0.15, -0.1) is 0 Å². The van der Waals surface area contributed by atoms with Gasteiger partial charge in [0.25, 0.3) is 5.01 Å². The van der Waals surface area contributed by atoms with Crippen molar-refractivity contribution in [2.45, 2.75) is 45.4 Å². The van der Waals surface area contributed by atoms with E-state index in [4.69, 9.17) is 14.2 Å². The zero-order valence-corrected chi connectivity index (χ0v) is 17.5. The molecule has 2 aromatic rings. The van der Waals surface area contributed by atoms with Gasteiger partial charge in [0, 0.05) is 24.3 Å². The van der Waals surface area contributed by atoms with Gasteiger partial charge in [-0.1, -0.05) is 23.5 Å². The van der Waals surface area contributed by atoms with Crippen LogP contribution in [0.25, 0.3) is 0 Å². The van der Waals surface area contributed by atoms with Gasteiger partial charge < -0.3 is 26.6 Å². The second-order valence-electron chi connectivity index (χ2n) is 7.20. The number of halogens is 1. The third-order valence-electron chi connectivity index (χ3n) is 5.77. The van der Waals surface area contributed by atoms with E-state index in [1.54, 1.807) is 18.4 Å². The molecule has 2 atom stereocenters. The maximum Gasteiger partial charge on any atom is 0.251 e. The monoisotopic (exact) mass is 395 g/mol. The molecule has 0 amide bonds. The molecule has 4 nitrogen and oxygen atoms in total. The fraction of sp³-hybridized carbons (Fsp3) is 0.550. The fourth-order valence-corrected chi connectivity index (χ4v) is 5.98. The quantitative estimate of drug-likeness (QED) is 0.556. The molecule has 0 spiro atoms. The number of fused-ring (bicyclic) bond motifs is 1. The number of nitrogens with zero attached hydrogens (tertiary/aromatic N) is 1. The Kier molecular flexibility index (Phi) is 5.12. The number of aromatic nitrogens is 1. The number of benzene rings is 1. The summed E-state index contributed by atoms with van der Waals surface area (Å²) in [5, 5.41) is 3.45. The second kappa shape index (κ2) is 6.79. The minimum atomic E-state index is -0.701. The highest BCUT2D eigenvalue weighted by molar-refractivity contribution is 7.09. The van der Waals surface area contributed by atoms with Gasteiger partial charge in [-0.3, -0.25) is 0 Å². The maximum absolute atomic E-state index is 6.46. The van der Waals surface area contributed by atoms with Gasteiger partial charge >= 0.3 is 0 Å². The van der Waals surface area contributed by atoms with E-state index in [0.717, 1.165) is 5.75 Å². The summed E-state index contributed by atoms with van der Waals surface area (Å²) >= 11 is 1.77. The molecule has 142 valence electrons. The Morgan fingerprint density at radius 3 is 2.46 bits per heavy atom. The Balaban J connectivity index is 0.00000196. The molecule has 0 fully saturated rings. The lowest BCUT2D eigenvalue weighted by Crippen LogP contribution is -3.00. The van der Waals surface area contributed by atoms with Gasteiger partial charge in [-0.25, -0.2) is 0 Å². The fourth-order valence-electron chi connectivity index (χ4n) is 4.95. The van der Waals surface area contributed by atoms with E-state index in [1.807, 2.05) is 19.9 Å². The molecule has 0 saturated heterocycles. The summed E-state index contributed by atoms with van der Waals surface area (Å²) in [6.07, 6.45) is 2.20. The molecule has 2 bridgehead atoms. The first-order valence-corrected chi connectivity index (χ1v) is 9.84. The number of rotatable bonds is 5. The summed E-state index contributed by atoms with van der Waals surface area (Å²) in [5.41, 5.74) is 2.32. The van der Waals surface area contributed by atoms with E-state index < -0.39 is 5.79 Å². The number of ether oxygens (including phenoxy) is 3. The highest BCUT2D eigenvalue weighted by atomic mass is 35.5. The molecule has 3 heterocycles. The largest absolute Gasteiger partial charge is 1.00 e. The van der Waals surface area contributed by atoms with Crippen LogP contribution in [-0.2, 0) is 9.47 Å². The molecule has 1 aromatic carbocycles. The third kappa shape index (κ3) is 2.24. The van der Waals surface area contributed by atoms with Crippen molar-refractivity contribution in [1.82, 2.24) is 0 Å². The van der Waals surface area contributed by atoms with Crippen molar-refractivity contribution < 1.29 is 31.2 Å². The molecular weight excluding hydrogens is 370 g/mol. The average molecular weight is 396 g/mol. The molecular formula is C20H26ClNO3S. The van der Waals surface area contributed by atoms with Crippen LogP contribution in [-0.4, -0.2) is 26.1 Å². The molecule has 0 radical (unpaired) electrons. The standard InChI is InChI=1S/C20H26NO3S.ClH/c1-6-23-20(24-7-2)16-15-13(9-8-10-14(15)22-5)17(19(20,3)4)21-11-12-25-18(16)21;/h8-12,16-17H,6-7H2,1-5H3;1H/q+1;/p-1. The van der Waals surface area contributed by atoms with Crippen molar-refractivity contribution in [3.05, 3.63) is 45.9 Å². The minimum absolute atomic E-state index is 0. The predicted molar refractivity (Wildman–Crippen MR) is 97.3 cm³/mol. The van der Waals surface area contributed by atoms with Crippen molar-refractivity contribution in [1.29, 1.82) is 0 Å².